The van der Waals surface area contributed by atoms with E-state index in [2.05, 4.69) is 54.1 Å². The number of hydrogen-bond donors (Lipinski definition) is 1. The number of aryl methyl sites for hydroxylation is 2. The van der Waals surface area contributed by atoms with Crippen molar-refractivity contribution in [2.75, 3.05) is 12.4 Å². The average Bonchev–Trinajstić information content (AvgIpc) is 3.51. The Kier molecular flexibility index (Phi) is 7.15. The maximum Gasteiger partial charge on any atom is 0.231 e. The lowest BCUT2D eigenvalue weighted by molar-refractivity contribution is -0.119. The van der Waals surface area contributed by atoms with Crippen LogP contribution >= 0.6 is 23.1 Å². The van der Waals surface area contributed by atoms with Gasteiger partial charge in [-0.15, -0.1) is 11.3 Å². The Hall–Kier alpha value is -2.09. The molecule has 164 valence electrons. The fourth-order valence-corrected chi connectivity index (χ4v) is 5.52. The highest BCUT2D eigenvalue weighted by molar-refractivity contribution is 7.99. The Labute approximate surface area is 192 Å². The van der Waals surface area contributed by atoms with Gasteiger partial charge in [-0.05, 0) is 50.6 Å². The second kappa shape index (κ2) is 10.0. The molecule has 0 saturated carbocycles. The summed E-state index contributed by atoms with van der Waals surface area (Å²) in [5.74, 6) is 0.334. The van der Waals surface area contributed by atoms with E-state index in [9.17, 15) is 4.79 Å². The van der Waals surface area contributed by atoms with E-state index in [0.717, 1.165) is 53.0 Å². The molecule has 0 radical (unpaired) electrons. The molecule has 2 aromatic heterocycles. The lowest BCUT2D eigenvalue weighted by Crippen LogP contribution is -2.30. The molecule has 31 heavy (non-hydrogen) atoms. The van der Waals surface area contributed by atoms with Gasteiger partial charge >= 0.3 is 0 Å². The molecule has 0 spiro atoms. The van der Waals surface area contributed by atoms with Crippen LogP contribution in [-0.4, -0.2) is 33.9 Å². The van der Waals surface area contributed by atoms with Gasteiger partial charge in [-0.1, -0.05) is 47.7 Å². The number of amides is 1. The Morgan fingerprint density at radius 3 is 2.77 bits per heavy atom. The van der Waals surface area contributed by atoms with Crippen LogP contribution in [0.25, 0.3) is 0 Å². The van der Waals surface area contributed by atoms with Crippen LogP contribution in [0.1, 0.15) is 46.3 Å². The summed E-state index contributed by atoms with van der Waals surface area (Å²) < 4.78 is 8.03. The number of ether oxygens (including phenoxy) is 1. The van der Waals surface area contributed by atoms with Crippen molar-refractivity contribution in [2.45, 2.75) is 57.5 Å². The highest BCUT2D eigenvalue weighted by Gasteiger charge is 2.22. The maximum atomic E-state index is 12.9. The van der Waals surface area contributed by atoms with Crippen molar-refractivity contribution in [3.63, 3.8) is 0 Å². The molecule has 0 unspecified atom stereocenters. The first-order chi connectivity index (χ1) is 15.0. The molecule has 1 aliphatic heterocycles. The lowest BCUT2D eigenvalue weighted by atomic mass is 10.0. The molecule has 1 saturated heterocycles. The molecule has 1 amide bonds. The normalized spacial score (nSPS) is 17.1. The molecular formula is C24H29N3O2S2. The minimum atomic E-state index is -0.135. The summed E-state index contributed by atoms with van der Waals surface area (Å²) in [6.07, 6.45) is 2.44. The Balaban J connectivity index is 1.44. The van der Waals surface area contributed by atoms with E-state index in [-0.39, 0.29) is 18.1 Å². The summed E-state index contributed by atoms with van der Waals surface area (Å²) in [5, 5.41) is 6.17. The Bertz CT molecular complexity index is 1010. The largest absolute Gasteiger partial charge is 0.376 e. The number of thioether (sulfide) groups is 1. The molecular weight excluding hydrogens is 426 g/mol. The van der Waals surface area contributed by atoms with Crippen LogP contribution in [0, 0.1) is 20.8 Å². The van der Waals surface area contributed by atoms with Crippen molar-refractivity contribution in [2.24, 2.45) is 0 Å². The zero-order valence-corrected chi connectivity index (χ0v) is 19.9. The number of hydrogen-bond acceptors (Lipinski definition) is 5. The van der Waals surface area contributed by atoms with Crippen molar-refractivity contribution < 1.29 is 9.53 Å². The van der Waals surface area contributed by atoms with Crippen molar-refractivity contribution in [1.29, 1.82) is 0 Å². The third kappa shape index (κ3) is 5.40. The first kappa shape index (κ1) is 22.1. The predicted molar refractivity (Wildman–Crippen MR) is 127 cm³/mol. The summed E-state index contributed by atoms with van der Waals surface area (Å²) in [6, 6.07) is 12.3. The van der Waals surface area contributed by atoms with Gasteiger partial charge in [0.05, 0.1) is 30.1 Å². The Morgan fingerprint density at radius 2 is 2.10 bits per heavy atom. The molecule has 3 heterocycles. The van der Waals surface area contributed by atoms with Gasteiger partial charge in [0.25, 0.3) is 0 Å². The summed E-state index contributed by atoms with van der Waals surface area (Å²) >= 11 is 3.16. The molecule has 0 aliphatic carbocycles. The van der Waals surface area contributed by atoms with Crippen LogP contribution in [0.3, 0.4) is 0 Å². The molecule has 7 heteroatoms. The number of rotatable bonds is 8. The van der Waals surface area contributed by atoms with Gasteiger partial charge in [-0.3, -0.25) is 4.79 Å². The minimum absolute atomic E-state index is 0.00551. The van der Waals surface area contributed by atoms with E-state index in [1.807, 2.05) is 18.4 Å². The minimum Gasteiger partial charge on any atom is -0.376 e. The number of imidazole rings is 1. The average molecular weight is 456 g/mol. The lowest BCUT2D eigenvalue weighted by Gasteiger charge is -2.19. The quantitative estimate of drug-likeness (QED) is 0.483. The van der Waals surface area contributed by atoms with E-state index in [0.29, 0.717) is 5.75 Å². The highest BCUT2D eigenvalue weighted by atomic mass is 32.2. The van der Waals surface area contributed by atoms with Gasteiger partial charge in [-0.25, -0.2) is 4.98 Å². The molecule has 1 aromatic carbocycles. The number of nitrogens with one attached hydrogen (secondary N) is 1. The molecule has 5 nitrogen and oxygen atoms in total. The van der Waals surface area contributed by atoms with Crippen LogP contribution in [0.4, 0.5) is 0 Å². The summed E-state index contributed by atoms with van der Waals surface area (Å²) in [6.45, 7) is 7.83. The second-order valence-corrected chi connectivity index (χ2v) is 9.95. The van der Waals surface area contributed by atoms with E-state index in [1.165, 1.54) is 17.3 Å². The summed E-state index contributed by atoms with van der Waals surface area (Å²) in [7, 11) is 0. The van der Waals surface area contributed by atoms with Gasteiger partial charge in [0.15, 0.2) is 5.16 Å². The number of aromatic nitrogens is 2. The Morgan fingerprint density at radius 1 is 1.29 bits per heavy atom. The van der Waals surface area contributed by atoms with Crippen LogP contribution in [0.15, 0.2) is 46.9 Å². The van der Waals surface area contributed by atoms with Gasteiger partial charge in [0, 0.05) is 17.2 Å². The zero-order valence-electron chi connectivity index (χ0n) is 18.3. The third-order valence-corrected chi connectivity index (χ3v) is 7.62. The van der Waals surface area contributed by atoms with Crippen molar-refractivity contribution in [1.82, 2.24) is 14.9 Å². The van der Waals surface area contributed by atoms with Crippen molar-refractivity contribution in [3.8, 4) is 0 Å². The summed E-state index contributed by atoms with van der Waals surface area (Å²) in [4.78, 5) is 18.8. The standard InChI is InChI=1S/C24H29N3O2S2/c1-16-8-10-19(11-9-16)23(21-7-5-13-30-21)26-22(28)15-31-24-25-17(2)18(3)27(24)14-20-6-4-12-29-20/h5,7-11,13,20,23H,4,6,12,14-15H2,1-3H3,(H,26,28)/t20-,23-/m1/s1. The van der Waals surface area contributed by atoms with Gasteiger partial charge in [-0.2, -0.15) is 0 Å². The second-order valence-electron chi connectivity index (χ2n) is 8.03. The van der Waals surface area contributed by atoms with E-state index >= 15 is 0 Å². The summed E-state index contributed by atoms with van der Waals surface area (Å²) in [5.41, 5.74) is 4.46. The predicted octanol–water partition coefficient (Wildman–Crippen LogP) is 5.05. The highest BCUT2D eigenvalue weighted by Crippen LogP contribution is 2.28. The molecule has 2 atom stereocenters. The molecule has 0 bridgehead atoms. The first-order valence-corrected chi connectivity index (χ1v) is 12.5. The smallest absolute Gasteiger partial charge is 0.231 e. The molecule has 4 rings (SSSR count). The van der Waals surface area contributed by atoms with E-state index in [1.54, 1.807) is 11.3 Å². The van der Waals surface area contributed by atoms with Crippen molar-refractivity contribution >= 4 is 29.0 Å². The maximum absolute atomic E-state index is 12.9. The van der Waals surface area contributed by atoms with E-state index < -0.39 is 0 Å². The van der Waals surface area contributed by atoms with Crippen LogP contribution in [-0.2, 0) is 16.1 Å². The molecule has 1 aliphatic rings. The number of nitrogens with zero attached hydrogens (tertiary/aromatic N) is 2. The van der Waals surface area contributed by atoms with Crippen molar-refractivity contribution in [3.05, 3.63) is 69.2 Å². The van der Waals surface area contributed by atoms with Gasteiger partial charge in [0.2, 0.25) is 5.91 Å². The SMILES string of the molecule is Cc1ccc([C@@H](NC(=O)CSc2nc(C)c(C)n2C[C@H]2CCCO2)c2cccs2)cc1. The van der Waals surface area contributed by atoms with Crippen LogP contribution < -0.4 is 5.32 Å². The van der Waals surface area contributed by atoms with E-state index in [4.69, 9.17) is 9.72 Å². The van der Waals surface area contributed by atoms with Crippen LogP contribution in [0.5, 0.6) is 0 Å². The van der Waals surface area contributed by atoms with Gasteiger partial charge < -0.3 is 14.6 Å². The number of thiophene rings is 1. The topological polar surface area (TPSA) is 56.2 Å². The monoisotopic (exact) mass is 455 g/mol. The number of benzene rings is 1. The third-order valence-electron chi connectivity index (χ3n) is 5.71. The number of carbonyl (C=O) groups is 1. The molecule has 1 N–H and O–H groups in total. The first-order valence-electron chi connectivity index (χ1n) is 10.7. The molecule has 3 aromatic rings. The fraction of sp³-hybridized carbons (Fsp3) is 0.417. The zero-order chi connectivity index (χ0) is 21.8. The molecule has 1 fully saturated rings. The number of carbonyl (C=O) groups excluding carboxylic acids is 1. The fourth-order valence-electron chi connectivity index (χ4n) is 3.81. The van der Waals surface area contributed by atoms with Crippen LogP contribution in [0.2, 0.25) is 0 Å². The van der Waals surface area contributed by atoms with Gasteiger partial charge in [0.1, 0.15) is 0 Å².